The van der Waals surface area contributed by atoms with Crippen molar-refractivity contribution in [1.82, 2.24) is 9.55 Å². The molecule has 230 valence electrons. The Hall–Kier alpha value is -4.91. The van der Waals surface area contributed by atoms with E-state index < -0.39 is 32.3 Å². The van der Waals surface area contributed by atoms with Gasteiger partial charge in [0.15, 0.2) is 4.90 Å². The van der Waals surface area contributed by atoms with Gasteiger partial charge in [-0.05, 0) is 41.8 Å². The predicted octanol–water partition coefficient (Wildman–Crippen LogP) is 5.96. The SMILES string of the molecule is CCCCc1nc(=O)c(S(=O)(=O)c2ccc(-c3ccc(C(N=NC)N=NC)cc3)cc2)c(O)n1-c1c(OC)cccc1OC. The molecule has 3 aromatic carbocycles. The molecule has 4 rings (SSSR count). The number of azo groups is 2. The lowest BCUT2D eigenvalue weighted by Gasteiger charge is -2.21. The third-order valence-electron chi connectivity index (χ3n) is 6.90. The lowest BCUT2D eigenvalue weighted by atomic mass is 10.0. The van der Waals surface area contributed by atoms with Gasteiger partial charge in [0.2, 0.25) is 21.9 Å². The number of aromatic hydroxyl groups is 1. The Bertz CT molecular complexity index is 1800. The Morgan fingerprint density at radius 2 is 1.43 bits per heavy atom. The normalized spacial score (nSPS) is 12.6. The Morgan fingerprint density at radius 1 is 0.886 bits per heavy atom. The first-order valence-corrected chi connectivity index (χ1v) is 15.3. The van der Waals surface area contributed by atoms with Crippen LogP contribution in [-0.4, -0.2) is 51.4 Å². The van der Waals surface area contributed by atoms with Gasteiger partial charge >= 0.3 is 0 Å². The first-order chi connectivity index (χ1) is 21.2. The molecular formula is C31H34N6O6S. The summed E-state index contributed by atoms with van der Waals surface area (Å²) < 4.78 is 40.0. The minimum atomic E-state index is -4.51. The number of nitrogens with zero attached hydrogens (tertiary/aromatic N) is 6. The fraction of sp³-hybridized carbons (Fsp3) is 0.290. The summed E-state index contributed by atoms with van der Waals surface area (Å²) >= 11 is 0. The molecule has 1 N–H and O–H groups in total. The number of aromatic nitrogens is 2. The number of methoxy groups -OCH3 is 2. The summed E-state index contributed by atoms with van der Waals surface area (Å²) in [5.41, 5.74) is 1.51. The first-order valence-electron chi connectivity index (χ1n) is 13.8. The van der Waals surface area contributed by atoms with Crippen LogP contribution in [0, 0.1) is 0 Å². The number of hydrogen-bond donors (Lipinski definition) is 1. The average molecular weight is 619 g/mol. The van der Waals surface area contributed by atoms with E-state index >= 15 is 0 Å². The third kappa shape index (κ3) is 6.37. The van der Waals surface area contributed by atoms with Crippen molar-refractivity contribution < 1.29 is 23.0 Å². The highest BCUT2D eigenvalue weighted by Crippen LogP contribution is 2.38. The van der Waals surface area contributed by atoms with Crippen molar-refractivity contribution in [2.75, 3.05) is 28.3 Å². The van der Waals surface area contributed by atoms with E-state index in [1.807, 2.05) is 31.2 Å². The molecule has 0 amide bonds. The van der Waals surface area contributed by atoms with Crippen LogP contribution < -0.4 is 15.0 Å². The summed E-state index contributed by atoms with van der Waals surface area (Å²) in [4.78, 5) is 16.4. The highest BCUT2D eigenvalue weighted by molar-refractivity contribution is 7.91. The van der Waals surface area contributed by atoms with E-state index in [1.54, 1.807) is 44.4 Å². The first kappa shape index (κ1) is 32.0. The number of aryl methyl sites for hydroxylation is 1. The minimum absolute atomic E-state index is 0.179. The summed E-state index contributed by atoms with van der Waals surface area (Å²) in [6, 6.07) is 18.4. The van der Waals surface area contributed by atoms with Crippen molar-refractivity contribution >= 4 is 9.84 Å². The van der Waals surface area contributed by atoms with Crippen LogP contribution in [0.2, 0.25) is 0 Å². The van der Waals surface area contributed by atoms with E-state index in [4.69, 9.17) is 9.47 Å². The van der Waals surface area contributed by atoms with Gasteiger partial charge in [-0.3, -0.25) is 9.36 Å². The van der Waals surface area contributed by atoms with Gasteiger partial charge in [0, 0.05) is 26.1 Å². The molecule has 44 heavy (non-hydrogen) atoms. The molecule has 13 heteroatoms. The van der Waals surface area contributed by atoms with E-state index in [2.05, 4.69) is 25.4 Å². The van der Waals surface area contributed by atoms with E-state index in [1.165, 1.54) is 30.9 Å². The van der Waals surface area contributed by atoms with Crippen LogP contribution in [0.25, 0.3) is 16.8 Å². The van der Waals surface area contributed by atoms with Crippen molar-refractivity contribution in [3.05, 3.63) is 88.5 Å². The highest BCUT2D eigenvalue weighted by Gasteiger charge is 2.31. The Balaban J connectivity index is 1.80. The minimum Gasteiger partial charge on any atom is -0.494 e. The maximum absolute atomic E-state index is 13.9. The van der Waals surface area contributed by atoms with Crippen LogP contribution in [0.1, 0.15) is 37.3 Å². The largest absolute Gasteiger partial charge is 0.494 e. The quantitative estimate of drug-likeness (QED) is 0.192. The lowest BCUT2D eigenvalue weighted by Crippen LogP contribution is -2.25. The number of sulfone groups is 1. The zero-order chi connectivity index (χ0) is 31.9. The summed E-state index contributed by atoms with van der Waals surface area (Å²) in [7, 11) is 1.49. The number of benzene rings is 3. The van der Waals surface area contributed by atoms with E-state index in [0.29, 0.717) is 24.3 Å². The third-order valence-corrected chi connectivity index (χ3v) is 8.69. The maximum Gasteiger partial charge on any atom is 0.296 e. The van der Waals surface area contributed by atoms with Gasteiger partial charge in [-0.15, -0.1) is 0 Å². The standard InChI is InChI=1S/C31H34N6O6S/c1-6-7-11-26-34-30(38)28(31(39)37(26)27-24(42-4)9-8-10-25(27)43-5)44(40,41)23-18-16-21(17-19-23)20-12-14-22(15-13-20)29(35-32-2)36-33-3/h8-10,12-19,29,39H,6-7,11H2,1-5H3. The van der Waals surface area contributed by atoms with Gasteiger partial charge in [0.25, 0.3) is 5.56 Å². The Morgan fingerprint density at radius 3 is 1.93 bits per heavy atom. The average Bonchev–Trinajstić information content (AvgIpc) is 3.03. The second-order valence-corrected chi connectivity index (χ2v) is 11.5. The molecule has 0 saturated heterocycles. The molecule has 0 atom stereocenters. The molecule has 0 saturated carbocycles. The van der Waals surface area contributed by atoms with E-state index in [-0.39, 0.29) is 16.4 Å². The van der Waals surface area contributed by atoms with E-state index in [9.17, 15) is 18.3 Å². The molecule has 1 aromatic heterocycles. The van der Waals surface area contributed by atoms with Crippen LogP contribution >= 0.6 is 0 Å². The fourth-order valence-corrected chi connectivity index (χ4v) is 6.07. The number of rotatable bonds is 12. The van der Waals surface area contributed by atoms with Crippen LogP contribution in [-0.2, 0) is 16.3 Å². The second kappa shape index (κ2) is 14.0. The summed E-state index contributed by atoms with van der Waals surface area (Å²) in [6.45, 7) is 1.97. The van der Waals surface area contributed by atoms with Gasteiger partial charge in [-0.2, -0.15) is 25.4 Å². The highest BCUT2D eigenvalue weighted by atomic mass is 32.2. The van der Waals surface area contributed by atoms with Crippen molar-refractivity contribution in [3.8, 4) is 34.2 Å². The van der Waals surface area contributed by atoms with Crippen LogP contribution in [0.3, 0.4) is 0 Å². The zero-order valence-corrected chi connectivity index (χ0v) is 25.9. The van der Waals surface area contributed by atoms with Gasteiger partial charge < -0.3 is 14.6 Å². The summed E-state index contributed by atoms with van der Waals surface area (Å²) in [6.07, 6.45) is 1.17. The topological polar surface area (TPSA) is 157 Å². The Labute approximate surface area is 255 Å². The molecule has 0 aliphatic rings. The predicted molar refractivity (Wildman–Crippen MR) is 165 cm³/mol. The van der Waals surface area contributed by atoms with Crippen molar-refractivity contribution in [1.29, 1.82) is 0 Å². The number of ether oxygens (including phenoxy) is 2. The van der Waals surface area contributed by atoms with Crippen LogP contribution in [0.5, 0.6) is 17.4 Å². The molecule has 0 radical (unpaired) electrons. The van der Waals surface area contributed by atoms with Crippen molar-refractivity contribution in [2.24, 2.45) is 20.5 Å². The molecule has 0 spiro atoms. The molecule has 0 fully saturated rings. The Kier molecular flexibility index (Phi) is 10.2. The van der Waals surface area contributed by atoms with Gasteiger partial charge in [0.05, 0.1) is 19.1 Å². The fourth-order valence-electron chi connectivity index (χ4n) is 4.73. The van der Waals surface area contributed by atoms with Crippen LogP contribution in [0.15, 0.2) is 102 Å². The van der Waals surface area contributed by atoms with Crippen molar-refractivity contribution in [3.63, 3.8) is 0 Å². The van der Waals surface area contributed by atoms with Crippen molar-refractivity contribution in [2.45, 2.75) is 42.1 Å². The molecule has 12 nitrogen and oxygen atoms in total. The molecule has 0 bridgehead atoms. The molecule has 0 aliphatic heterocycles. The number of hydrogen-bond acceptors (Lipinski definition) is 11. The molecule has 1 heterocycles. The summed E-state index contributed by atoms with van der Waals surface area (Å²) in [5, 5.41) is 27.2. The monoisotopic (exact) mass is 618 g/mol. The zero-order valence-electron chi connectivity index (χ0n) is 25.1. The van der Waals surface area contributed by atoms with Gasteiger partial charge in [-0.1, -0.05) is 55.8 Å². The molecule has 4 aromatic rings. The lowest BCUT2D eigenvalue weighted by molar-refractivity contribution is 0.374. The second-order valence-electron chi connectivity index (χ2n) is 9.59. The summed E-state index contributed by atoms with van der Waals surface area (Å²) in [5.74, 6) is -0.00801. The maximum atomic E-state index is 13.9. The van der Waals surface area contributed by atoms with Gasteiger partial charge in [0.1, 0.15) is 23.0 Å². The van der Waals surface area contributed by atoms with E-state index in [0.717, 1.165) is 23.1 Å². The number of unbranched alkanes of at least 4 members (excludes halogenated alkanes) is 1. The smallest absolute Gasteiger partial charge is 0.296 e. The van der Waals surface area contributed by atoms with Crippen LogP contribution in [0.4, 0.5) is 0 Å². The molecule has 0 unspecified atom stereocenters. The molecule has 0 aliphatic carbocycles. The number of para-hydroxylation sites is 1. The van der Waals surface area contributed by atoms with Gasteiger partial charge in [-0.25, -0.2) is 8.42 Å². The molecular weight excluding hydrogens is 584 g/mol.